The van der Waals surface area contributed by atoms with Gasteiger partial charge in [0.25, 0.3) is 0 Å². The van der Waals surface area contributed by atoms with Crippen LogP contribution in [0, 0.1) is 0 Å². The third-order valence-corrected chi connectivity index (χ3v) is 4.41. The summed E-state index contributed by atoms with van der Waals surface area (Å²) in [5.41, 5.74) is 5.12. The molecule has 5 N–H and O–H groups in total. The number of amides is 3. The summed E-state index contributed by atoms with van der Waals surface area (Å²) in [5.74, 6) is -1.12. The van der Waals surface area contributed by atoms with E-state index in [2.05, 4.69) is 16.0 Å². The minimum absolute atomic E-state index is 0.0935. The van der Waals surface area contributed by atoms with Crippen LogP contribution in [0.3, 0.4) is 0 Å². The highest BCUT2D eigenvalue weighted by Gasteiger charge is 2.30. The molecule has 2 atom stereocenters. The van der Waals surface area contributed by atoms with Gasteiger partial charge in [0, 0.05) is 20.0 Å². The van der Waals surface area contributed by atoms with Crippen molar-refractivity contribution < 1.29 is 27.6 Å². The molecule has 0 saturated heterocycles. The van der Waals surface area contributed by atoms with Crippen molar-refractivity contribution in [1.29, 1.82) is 0 Å². The summed E-state index contributed by atoms with van der Waals surface area (Å²) in [6.45, 7) is 3.38. The Morgan fingerprint density at radius 3 is 2.40 bits per heavy atom. The molecular weight excluding hydrogens is 401 g/mol. The Labute approximate surface area is 174 Å². The first-order valence-corrected chi connectivity index (χ1v) is 9.78. The minimum Gasteiger partial charge on any atom is -0.355 e. The zero-order valence-corrected chi connectivity index (χ0v) is 17.1. The van der Waals surface area contributed by atoms with Gasteiger partial charge >= 0.3 is 6.18 Å². The lowest BCUT2D eigenvalue weighted by Crippen LogP contribution is -2.46. The first kappa shape index (κ1) is 25.4. The van der Waals surface area contributed by atoms with Crippen LogP contribution in [-0.2, 0) is 27.1 Å². The van der Waals surface area contributed by atoms with E-state index in [1.54, 1.807) is 6.92 Å². The van der Waals surface area contributed by atoms with Crippen LogP contribution in [0.4, 0.5) is 13.2 Å². The van der Waals surface area contributed by atoms with E-state index in [0.717, 1.165) is 12.1 Å². The number of hydrogen-bond donors (Lipinski definition) is 4. The topological polar surface area (TPSA) is 113 Å². The molecular formula is C20H29F3N4O3. The summed E-state index contributed by atoms with van der Waals surface area (Å²) in [5, 5.41) is 7.80. The SMILES string of the molecule is CCC(N)C(=O)NCCCCC(NC(C)=O)C(=O)NCc1cccc(C(F)(F)F)c1. The molecule has 30 heavy (non-hydrogen) atoms. The summed E-state index contributed by atoms with van der Waals surface area (Å²) in [4.78, 5) is 35.4. The monoisotopic (exact) mass is 430 g/mol. The molecule has 1 aromatic carbocycles. The van der Waals surface area contributed by atoms with E-state index in [1.807, 2.05) is 0 Å². The second-order valence-corrected chi connectivity index (χ2v) is 6.97. The maximum atomic E-state index is 12.8. The van der Waals surface area contributed by atoms with Gasteiger partial charge in [-0.1, -0.05) is 19.1 Å². The second kappa shape index (κ2) is 12.2. The smallest absolute Gasteiger partial charge is 0.355 e. The van der Waals surface area contributed by atoms with Crippen molar-refractivity contribution in [3.8, 4) is 0 Å². The summed E-state index contributed by atoms with van der Waals surface area (Å²) in [7, 11) is 0. The molecule has 0 heterocycles. The van der Waals surface area contributed by atoms with Gasteiger partial charge in [-0.3, -0.25) is 14.4 Å². The Bertz CT molecular complexity index is 725. The third-order valence-electron chi connectivity index (χ3n) is 4.41. The van der Waals surface area contributed by atoms with E-state index in [1.165, 1.54) is 19.1 Å². The van der Waals surface area contributed by atoms with Crippen LogP contribution >= 0.6 is 0 Å². The minimum atomic E-state index is -4.46. The van der Waals surface area contributed by atoms with Crippen LogP contribution in [0.15, 0.2) is 24.3 Å². The fourth-order valence-corrected chi connectivity index (χ4v) is 2.69. The molecule has 0 fully saturated rings. The zero-order chi connectivity index (χ0) is 22.7. The van der Waals surface area contributed by atoms with E-state index in [4.69, 9.17) is 5.73 Å². The fraction of sp³-hybridized carbons (Fsp3) is 0.550. The Morgan fingerprint density at radius 2 is 1.80 bits per heavy atom. The van der Waals surface area contributed by atoms with E-state index in [9.17, 15) is 27.6 Å². The Kier molecular flexibility index (Phi) is 10.3. The molecule has 2 unspecified atom stereocenters. The molecule has 3 amide bonds. The van der Waals surface area contributed by atoms with E-state index in [-0.39, 0.29) is 12.5 Å². The van der Waals surface area contributed by atoms with Crippen LogP contribution in [0.25, 0.3) is 0 Å². The van der Waals surface area contributed by atoms with Crippen molar-refractivity contribution >= 4 is 17.7 Å². The predicted molar refractivity (Wildman–Crippen MR) is 106 cm³/mol. The Hall–Kier alpha value is -2.62. The van der Waals surface area contributed by atoms with Gasteiger partial charge in [-0.25, -0.2) is 0 Å². The van der Waals surface area contributed by atoms with Gasteiger partial charge in [0.2, 0.25) is 17.7 Å². The molecule has 0 radical (unpaired) electrons. The number of carbonyl (C=O) groups is 3. The average molecular weight is 430 g/mol. The normalized spacial score (nSPS) is 13.3. The van der Waals surface area contributed by atoms with Gasteiger partial charge in [0.15, 0.2) is 0 Å². The van der Waals surface area contributed by atoms with Crippen molar-refractivity contribution in [1.82, 2.24) is 16.0 Å². The van der Waals surface area contributed by atoms with Gasteiger partial charge < -0.3 is 21.7 Å². The lowest BCUT2D eigenvalue weighted by atomic mass is 10.1. The highest BCUT2D eigenvalue weighted by Crippen LogP contribution is 2.29. The molecule has 7 nitrogen and oxygen atoms in total. The number of benzene rings is 1. The molecule has 0 saturated carbocycles. The number of halogens is 3. The number of hydrogen-bond acceptors (Lipinski definition) is 4. The van der Waals surface area contributed by atoms with E-state index < -0.39 is 35.6 Å². The third kappa shape index (κ3) is 9.25. The van der Waals surface area contributed by atoms with Gasteiger partial charge in [-0.05, 0) is 43.4 Å². The van der Waals surface area contributed by atoms with Crippen LogP contribution in [-0.4, -0.2) is 36.3 Å². The maximum absolute atomic E-state index is 12.8. The van der Waals surface area contributed by atoms with Gasteiger partial charge in [0.05, 0.1) is 11.6 Å². The largest absolute Gasteiger partial charge is 0.416 e. The van der Waals surface area contributed by atoms with Crippen molar-refractivity contribution in [3.63, 3.8) is 0 Å². The Balaban J connectivity index is 2.53. The lowest BCUT2D eigenvalue weighted by molar-refractivity contribution is -0.137. The van der Waals surface area contributed by atoms with Crippen LogP contribution in [0.1, 0.15) is 50.7 Å². The molecule has 0 spiro atoms. The quantitative estimate of drug-likeness (QED) is 0.401. The van der Waals surface area contributed by atoms with Crippen molar-refractivity contribution in [2.75, 3.05) is 6.54 Å². The number of nitrogens with two attached hydrogens (primary N) is 1. The number of carbonyl (C=O) groups excluding carboxylic acids is 3. The molecule has 0 aliphatic heterocycles. The van der Waals surface area contributed by atoms with Crippen LogP contribution in [0.5, 0.6) is 0 Å². The maximum Gasteiger partial charge on any atom is 0.416 e. The second-order valence-electron chi connectivity index (χ2n) is 6.97. The molecule has 1 rings (SSSR count). The average Bonchev–Trinajstić information content (AvgIpc) is 2.69. The number of rotatable bonds is 11. The van der Waals surface area contributed by atoms with Gasteiger partial charge in [-0.15, -0.1) is 0 Å². The first-order valence-electron chi connectivity index (χ1n) is 9.78. The number of alkyl halides is 3. The lowest BCUT2D eigenvalue weighted by Gasteiger charge is -2.18. The van der Waals surface area contributed by atoms with Crippen LogP contribution in [0.2, 0.25) is 0 Å². The van der Waals surface area contributed by atoms with E-state index in [0.29, 0.717) is 37.8 Å². The van der Waals surface area contributed by atoms with Gasteiger partial charge in [-0.2, -0.15) is 13.2 Å². The molecule has 0 aliphatic rings. The molecule has 1 aromatic rings. The number of unbranched alkanes of at least 4 members (excludes halogenated alkanes) is 1. The van der Waals surface area contributed by atoms with Crippen LogP contribution < -0.4 is 21.7 Å². The molecule has 0 aromatic heterocycles. The molecule has 168 valence electrons. The van der Waals surface area contributed by atoms with Crippen molar-refractivity contribution in [3.05, 3.63) is 35.4 Å². The summed E-state index contributed by atoms with van der Waals surface area (Å²) in [6.07, 6.45) is -2.48. The van der Waals surface area contributed by atoms with Crippen molar-refractivity contribution in [2.45, 2.75) is 64.3 Å². The highest BCUT2D eigenvalue weighted by atomic mass is 19.4. The zero-order valence-electron chi connectivity index (χ0n) is 17.1. The predicted octanol–water partition coefficient (Wildman–Crippen LogP) is 1.85. The highest BCUT2D eigenvalue weighted by molar-refractivity contribution is 5.86. The summed E-state index contributed by atoms with van der Waals surface area (Å²) in [6, 6.07) is 3.30. The number of nitrogens with one attached hydrogen (secondary N) is 3. The van der Waals surface area contributed by atoms with Gasteiger partial charge in [0.1, 0.15) is 6.04 Å². The molecule has 0 aliphatic carbocycles. The molecule has 10 heteroatoms. The fourth-order valence-electron chi connectivity index (χ4n) is 2.69. The standard InChI is InChI=1S/C20H29F3N4O3/c1-3-16(24)18(29)25-10-5-4-9-17(27-13(2)28)19(30)26-12-14-7-6-8-15(11-14)20(21,22)23/h6-8,11,16-17H,3-5,9-10,12,24H2,1-2H3,(H,25,29)(H,26,30)(H,27,28). The first-order chi connectivity index (χ1) is 14.0. The van der Waals surface area contributed by atoms with Crippen molar-refractivity contribution in [2.24, 2.45) is 5.73 Å². The summed E-state index contributed by atoms with van der Waals surface area (Å²) >= 11 is 0. The van der Waals surface area contributed by atoms with E-state index >= 15 is 0 Å². The molecule has 0 bridgehead atoms. The summed E-state index contributed by atoms with van der Waals surface area (Å²) < 4.78 is 38.4. The Morgan fingerprint density at radius 1 is 1.10 bits per heavy atom.